The maximum absolute atomic E-state index is 6.01. The number of rotatable bonds is 5. The van der Waals surface area contributed by atoms with Crippen molar-refractivity contribution in [2.45, 2.75) is 38.1 Å². The van der Waals surface area contributed by atoms with Crippen LogP contribution in [-0.4, -0.2) is 9.55 Å². The van der Waals surface area contributed by atoms with Crippen LogP contribution in [0.5, 0.6) is 0 Å². The SMILES string of the molecule is Cc1ccc(Cn2c(C)c(C)c3ccnc(SCc4ccc(Cl)cc4)c32)cc1.Cl. The van der Waals surface area contributed by atoms with Gasteiger partial charge in [0.05, 0.1) is 5.52 Å². The smallest absolute Gasteiger partial charge is 0.121 e. The Kier molecular flexibility index (Phi) is 6.94. The molecule has 0 radical (unpaired) electrons. The van der Waals surface area contributed by atoms with Gasteiger partial charge in [-0.3, -0.25) is 0 Å². The minimum absolute atomic E-state index is 0. The molecule has 0 aliphatic carbocycles. The molecule has 0 saturated heterocycles. The quantitative estimate of drug-likeness (QED) is 0.300. The van der Waals surface area contributed by atoms with E-state index < -0.39 is 0 Å². The van der Waals surface area contributed by atoms with Crippen molar-refractivity contribution >= 4 is 46.7 Å². The molecule has 0 unspecified atom stereocenters. The number of thioether (sulfide) groups is 1. The third-order valence-electron chi connectivity index (χ3n) is 5.26. The van der Waals surface area contributed by atoms with E-state index in [-0.39, 0.29) is 12.4 Å². The molecule has 0 amide bonds. The lowest BCUT2D eigenvalue weighted by Crippen LogP contribution is -2.03. The summed E-state index contributed by atoms with van der Waals surface area (Å²) < 4.78 is 2.41. The predicted molar refractivity (Wildman–Crippen MR) is 128 cm³/mol. The van der Waals surface area contributed by atoms with E-state index in [2.05, 4.69) is 67.8 Å². The van der Waals surface area contributed by atoms with Crippen LogP contribution in [0.2, 0.25) is 5.02 Å². The summed E-state index contributed by atoms with van der Waals surface area (Å²) in [5, 5.41) is 3.14. The molecule has 4 aromatic rings. The maximum Gasteiger partial charge on any atom is 0.121 e. The maximum atomic E-state index is 6.01. The summed E-state index contributed by atoms with van der Waals surface area (Å²) in [4.78, 5) is 4.73. The van der Waals surface area contributed by atoms with E-state index in [1.807, 2.05) is 18.3 Å². The van der Waals surface area contributed by atoms with E-state index in [1.165, 1.54) is 38.9 Å². The van der Waals surface area contributed by atoms with Gasteiger partial charge in [-0.15, -0.1) is 12.4 Å². The first kappa shape index (κ1) is 21.8. The monoisotopic (exact) mass is 442 g/mol. The standard InChI is InChI=1S/C24H23ClN2S.ClH/c1-16-4-6-19(7-5-16)14-27-18(3)17(2)22-12-13-26-24(23(22)27)28-15-20-8-10-21(25)11-9-20;/h4-13H,14-15H2,1-3H3;1H. The van der Waals surface area contributed by atoms with Crippen LogP contribution in [0.4, 0.5) is 0 Å². The highest BCUT2D eigenvalue weighted by Gasteiger charge is 2.16. The lowest BCUT2D eigenvalue weighted by molar-refractivity contribution is 0.790. The average molecular weight is 443 g/mol. The number of fused-ring (bicyclic) bond motifs is 1. The first-order chi connectivity index (χ1) is 13.5. The fraction of sp³-hybridized carbons (Fsp3) is 0.208. The van der Waals surface area contributed by atoms with Gasteiger partial charge in [-0.25, -0.2) is 4.98 Å². The molecule has 0 bridgehead atoms. The number of pyridine rings is 1. The van der Waals surface area contributed by atoms with Gasteiger partial charge in [0, 0.05) is 34.6 Å². The van der Waals surface area contributed by atoms with Gasteiger partial charge in [-0.2, -0.15) is 0 Å². The summed E-state index contributed by atoms with van der Waals surface area (Å²) in [7, 11) is 0. The summed E-state index contributed by atoms with van der Waals surface area (Å²) in [6, 6.07) is 19.0. The van der Waals surface area contributed by atoms with Crippen LogP contribution in [0.25, 0.3) is 10.9 Å². The molecule has 2 heterocycles. The summed E-state index contributed by atoms with van der Waals surface area (Å²) in [6.45, 7) is 7.39. The molecule has 0 aliphatic heterocycles. The van der Waals surface area contributed by atoms with Crippen LogP contribution in [0.15, 0.2) is 65.8 Å². The molecule has 0 atom stereocenters. The summed E-state index contributed by atoms with van der Waals surface area (Å²) in [5.74, 6) is 0.872. The Hall–Kier alpha value is -1.94. The van der Waals surface area contributed by atoms with E-state index in [1.54, 1.807) is 11.8 Å². The van der Waals surface area contributed by atoms with Crippen molar-refractivity contribution in [1.29, 1.82) is 0 Å². The first-order valence-corrected chi connectivity index (χ1v) is 10.8. The highest BCUT2D eigenvalue weighted by Crippen LogP contribution is 2.34. The minimum Gasteiger partial charge on any atom is -0.338 e. The fourth-order valence-corrected chi connectivity index (χ4v) is 4.59. The Balaban J connectivity index is 0.00000240. The Labute approximate surface area is 187 Å². The van der Waals surface area contributed by atoms with Crippen molar-refractivity contribution in [2.75, 3.05) is 0 Å². The van der Waals surface area contributed by atoms with E-state index in [0.717, 1.165) is 22.3 Å². The predicted octanol–water partition coefficient (Wildman–Crippen LogP) is 7.38. The molecular weight excluding hydrogens is 419 g/mol. The molecule has 0 aliphatic rings. The number of aromatic nitrogens is 2. The largest absolute Gasteiger partial charge is 0.338 e. The summed E-state index contributed by atoms with van der Waals surface area (Å²) in [5.41, 5.74) is 7.71. The van der Waals surface area contributed by atoms with E-state index in [4.69, 9.17) is 16.6 Å². The second-order valence-corrected chi connectivity index (χ2v) is 8.61. The molecule has 2 nitrogen and oxygen atoms in total. The molecular formula is C24H24Cl2N2S. The third-order valence-corrected chi connectivity index (χ3v) is 6.56. The number of nitrogens with zero attached hydrogens (tertiary/aromatic N) is 2. The zero-order valence-electron chi connectivity index (χ0n) is 16.8. The first-order valence-electron chi connectivity index (χ1n) is 9.40. The molecule has 29 heavy (non-hydrogen) atoms. The molecule has 4 rings (SSSR count). The average Bonchev–Trinajstić information content (AvgIpc) is 2.95. The van der Waals surface area contributed by atoms with Gasteiger partial charge >= 0.3 is 0 Å². The second-order valence-electron chi connectivity index (χ2n) is 7.21. The molecule has 0 saturated carbocycles. The number of aryl methyl sites for hydroxylation is 2. The zero-order valence-corrected chi connectivity index (χ0v) is 19.2. The Bertz CT molecular complexity index is 1120. The molecule has 0 spiro atoms. The van der Waals surface area contributed by atoms with Gasteiger partial charge < -0.3 is 4.57 Å². The molecule has 2 aromatic carbocycles. The van der Waals surface area contributed by atoms with E-state index in [9.17, 15) is 0 Å². The van der Waals surface area contributed by atoms with Gasteiger partial charge in [0.25, 0.3) is 0 Å². The van der Waals surface area contributed by atoms with Crippen molar-refractivity contribution < 1.29 is 0 Å². The Morgan fingerprint density at radius 3 is 2.24 bits per heavy atom. The number of benzene rings is 2. The fourth-order valence-electron chi connectivity index (χ4n) is 3.47. The van der Waals surface area contributed by atoms with Gasteiger partial charge in [0.15, 0.2) is 0 Å². The van der Waals surface area contributed by atoms with Gasteiger partial charge in [0.1, 0.15) is 5.03 Å². The molecule has 0 N–H and O–H groups in total. The Morgan fingerprint density at radius 2 is 1.55 bits per heavy atom. The van der Waals surface area contributed by atoms with Crippen LogP contribution in [0.1, 0.15) is 27.9 Å². The van der Waals surface area contributed by atoms with Crippen LogP contribution in [0.3, 0.4) is 0 Å². The van der Waals surface area contributed by atoms with Gasteiger partial charge in [-0.05, 0) is 55.7 Å². The van der Waals surface area contributed by atoms with Crippen molar-refractivity contribution in [3.63, 3.8) is 0 Å². The third kappa shape index (κ3) is 4.63. The van der Waals surface area contributed by atoms with Gasteiger partial charge in [0.2, 0.25) is 0 Å². The number of hydrogen-bond donors (Lipinski definition) is 0. The zero-order chi connectivity index (χ0) is 19.7. The summed E-state index contributed by atoms with van der Waals surface area (Å²) >= 11 is 7.80. The van der Waals surface area contributed by atoms with Crippen molar-refractivity contribution in [1.82, 2.24) is 9.55 Å². The van der Waals surface area contributed by atoms with E-state index in [0.29, 0.717) is 0 Å². The van der Waals surface area contributed by atoms with Crippen LogP contribution in [-0.2, 0) is 12.3 Å². The summed E-state index contributed by atoms with van der Waals surface area (Å²) in [6.07, 6.45) is 1.93. The highest BCUT2D eigenvalue weighted by molar-refractivity contribution is 7.98. The normalized spacial score (nSPS) is 10.9. The van der Waals surface area contributed by atoms with Gasteiger partial charge in [-0.1, -0.05) is 65.3 Å². The molecule has 2 aromatic heterocycles. The molecule has 0 fully saturated rings. The van der Waals surface area contributed by atoms with Crippen molar-refractivity contribution in [3.05, 3.63) is 93.8 Å². The number of halogens is 2. The topological polar surface area (TPSA) is 17.8 Å². The lowest BCUT2D eigenvalue weighted by Gasteiger charge is -2.12. The van der Waals surface area contributed by atoms with Crippen LogP contribution < -0.4 is 0 Å². The number of hydrogen-bond acceptors (Lipinski definition) is 2. The van der Waals surface area contributed by atoms with Crippen molar-refractivity contribution in [2.24, 2.45) is 0 Å². The highest BCUT2D eigenvalue weighted by atomic mass is 35.5. The molecule has 150 valence electrons. The van der Waals surface area contributed by atoms with E-state index >= 15 is 0 Å². The van der Waals surface area contributed by atoms with Crippen LogP contribution >= 0.6 is 35.8 Å². The van der Waals surface area contributed by atoms with Crippen LogP contribution in [0, 0.1) is 20.8 Å². The lowest BCUT2D eigenvalue weighted by atomic mass is 10.1. The minimum atomic E-state index is 0. The molecule has 5 heteroatoms. The van der Waals surface area contributed by atoms with Crippen molar-refractivity contribution in [3.8, 4) is 0 Å². The second kappa shape index (κ2) is 9.25. The Morgan fingerprint density at radius 1 is 0.897 bits per heavy atom.